The van der Waals surface area contributed by atoms with E-state index in [4.69, 9.17) is 49.0 Å². The van der Waals surface area contributed by atoms with E-state index >= 15 is 0 Å². The molecule has 1 aromatic heterocycles. The zero-order valence-corrected chi connectivity index (χ0v) is 22.8. The third-order valence-electron chi connectivity index (χ3n) is 5.52. The Morgan fingerprint density at radius 2 is 1.75 bits per heavy atom. The molecule has 1 aliphatic carbocycles. The Morgan fingerprint density at radius 1 is 1.03 bits per heavy atom. The number of rotatable bonds is 10. The first-order valence-electron chi connectivity index (χ1n) is 11.7. The highest BCUT2D eigenvalue weighted by atomic mass is 35.5. The summed E-state index contributed by atoms with van der Waals surface area (Å²) in [5.41, 5.74) is 1.92. The Kier molecular flexibility index (Phi) is 10.4. The van der Waals surface area contributed by atoms with Crippen molar-refractivity contribution in [1.82, 2.24) is 4.98 Å². The number of pyridine rings is 1. The summed E-state index contributed by atoms with van der Waals surface area (Å²) in [4.78, 5) is 32.5. The highest BCUT2D eigenvalue weighted by Crippen LogP contribution is 2.39. The Morgan fingerprint density at radius 3 is 2.39 bits per heavy atom. The third-order valence-corrected chi connectivity index (χ3v) is 6.34. The van der Waals surface area contributed by atoms with E-state index in [1.807, 2.05) is 13.8 Å². The van der Waals surface area contributed by atoms with Gasteiger partial charge in [0.05, 0.1) is 35.0 Å². The second-order valence-electron chi connectivity index (χ2n) is 8.57. The number of methoxy groups -OCH3 is 1. The molecule has 0 bridgehead atoms. The second-order valence-corrected chi connectivity index (χ2v) is 9.78. The number of benzene rings is 1. The normalized spacial score (nSPS) is 13.6. The number of aromatic nitrogens is 1. The molecule has 0 aliphatic heterocycles. The lowest BCUT2D eigenvalue weighted by atomic mass is 9.90. The molecular formula is C26H29Cl3N2O5. The van der Waals surface area contributed by atoms with Gasteiger partial charge in [-0.15, -0.1) is 0 Å². The van der Waals surface area contributed by atoms with Gasteiger partial charge in [-0.05, 0) is 57.2 Å². The molecule has 2 aromatic rings. The van der Waals surface area contributed by atoms with Gasteiger partial charge >= 0.3 is 5.97 Å². The lowest BCUT2D eigenvalue weighted by Gasteiger charge is -2.28. The maximum atomic E-state index is 14.0. The first kappa shape index (κ1) is 28.3. The zero-order valence-electron chi connectivity index (χ0n) is 20.5. The lowest BCUT2D eigenvalue weighted by molar-refractivity contribution is -0.140. The van der Waals surface area contributed by atoms with Crippen LogP contribution < -0.4 is 9.64 Å². The fourth-order valence-corrected chi connectivity index (χ4v) is 4.49. The van der Waals surface area contributed by atoms with Crippen molar-refractivity contribution in [3.63, 3.8) is 0 Å². The van der Waals surface area contributed by atoms with Crippen LogP contribution in [0.3, 0.4) is 0 Å². The summed E-state index contributed by atoms with van der Waals surface area (Å²) in [5.74, 6) is -0.452. The Hall–Kier alpha value is -2.32. The average molecular weight is 556 g/mol. The van der Waals surface area contributed by atoms with Crippen molar-refractivity contribution in [2.24, 2.45) is 0 Å². The van der Waals surface area contributed by atoms with E-state index in [0.29, 0.717) is 45.6 Å². The second kappa shape index (κ2) is 13.3. The first-order chi connectivity index (χ1) is 17.2. The SMILES string of the molecule is COCCOC(=O)C1=C(C(=O)N(Cc2ccc(Cl)nc2)c2cc(OC(C)C)c(Cl)cc2Cl)CCCC1. The quantitative estimate of drug-likeness (QED) is 0.191. The maximum Gasteiger partial charge on any atom is 0.334 e. The summed E-state index contributed by atoms with van der Waals surface area (Å²) in [6.45, 7) is 4.28. The van der Waals surface area contributed by atoms with Crippen molar-refractivity contribution in [3.05, 3.63) is 62.4 Å². The fraction of sp³-hybridized carbons (Fsp3) is 0.423. The Labute approximate surface area is 226 Å². The number of hydrogen-bond acceptors (Lipinski definition) is 6. The van der Waals surface area contributed by atoms with Gasteiger partial charge in [0.25, 0.3) is 5.91 Å². The first-order valence-corrected chi connectivity index (χ1v) is 12.8. The summed E-state index contributed by atoms with van der Waals surface area (Å²) < 4.78 is 16.1. The van der Waals surface area contributed by atoms with Crippen LogP contribution in [0.4, 0.5) is 5.69 Å². The van der Waals surface area contributed by atoms with Crippen LogP contribution in [0.15, 0.2) is 41.6 Å². The number of ether oxygens (including phenoxy) is 3. The lowest BCUT2D eigenvalue weighted by Crippen LogP contribution is -2.34. The molecule has 0 radical (unpaired) electrons. The van der Waals surface area contributed by atoms with E-state index in [9.17, 15) is 9.59 Å². The predicted octanol–water partition coefficient (Wildman–Crippen LogP) is 6.42. The standard InChI is InChI=1S/C26H29Cl3N2O5/c1-16(2)36-23-13-22(20(27)12-21(23)28)31(15-17-8-9-24(29)30-14-17)25(32)18-6-4-5-7-19(18)26(33)35-11-10-34-3/h8-9,12-14,16H,4-7,10-11,15H2,1-3H3. The largest absolute Gasteiger partial charge is 0.489 e. The van der Waals surface area contributed by atoms with Gasteiger partial charge in [0.15, 0.2) is 0 Å². The van der Waals surface area contributed by atoms with Crippen molar-refractivity contribution in [2.75, 3.05) is 25.2 Å². The number of amides is 1. The van der Waals surface area contributed by atoms with Crippen molar-refractivity contribution in [1.29, 1.82) is 0 Å². The third kappa shape index (κ3) is 7.35. The van der Waals surface area contributed by atoms with Gasteiger partial charge in [-0.1, -0.05) is 40.9 Å². The molecule has 1 aromatic carbocycles. The van der Waals surface area contributed by atoms with Gasteiger partial charge in [-0.25, -0.2) is 9.78 Å². The summed E-state index contributed by atoms with van der Waals surface area (Å²) in [6.07, 6.45) is 3.93. The molecule has 7 nitrogen and oxygen atoms in total. The number of anilines is 1. The number of nitrogens with zero attached hydrogens (tertiary/aromatic N) is 2. The van der Waals surface area contributed by atoms with Crippen molar-refractivity contribution < 1.29 is 23.8 Å². The summed E-state index contributed by atoms with van der Waals surface area (Å²) in [7, 11) is 1.53. The molecule has 194 valence electrons. The predicted molar refractivity (Wildman–Crippen MR) is 141 cm³/mol. The van der Waals surface area contributed by atoms with E-state index < -0.39 is 5.97 Å². The van der Waals surface area contributed by atoms with E-state index in [2.05, 4.69) is 4.98 Å². The van der Waals surface area contributed by atoms with E-state index in [1.54, 1.807) is 30.5 Å². The molecule has 0 unspecified atom stereocenters. The number of hydrogen-bond donors (Lipinski definition) is 0. The summed E-state index contributed by atoms with van der Waals surface area (Å²) in [5, 5.41) is 0.939. The number of carbonyl (C=O) groups excluding carboxylic acids is 2. The van der Waals surface area contributed by atoms with Crippen molar-refractivity contribution in [2.45, 2.75) is 52.2 Å². The van der Waals surface area contributed by atoms with Crippen molar-refractivity contribution in [3.8, 4) is 5.75 Å². The minimum absolute atomic E-state index is 0.110. The monoisotopic (exact) mass is 554 g/mol. The van der Waals surface area contributed by atoms with E-state index in [0.717, 1.165) is 18.4 Å². The van der Waals surface area contributed by atoms with Gasteiger partial charge in [0.1, 0.15) is 17.5 Å². The fourth-order valence-electron chi connectivity index (χ4n) is 3.85. The molecule has 0 atom stereocenters. The van der Waals surface area contributed by atoms with Crippen LogP contribution in [0, 0.1) is 0 Å². The summed E-state index contributed by atoms with van der Waals surface area (Å²) >= 11 is 18.9. The van der Waals surface area contributed by atoms with Crippen molar-refractivity contribution >= 4 is 52.4 Å². The molecule has 36 heavy (non-hydrogen) atoms. The molecule has 0 spiro atoms. The molecule has 0 fully saturated rings. The summed E-state index contributed by atoms with van der Waals surface area (Å²) in [6, 6.07) is 6.62. The minimum Gasteiger partial charge on any atom is -0.489 e. The molecule has 1 heterocycles. The van der Waals surface area contributed by atoms with Crippen LogP contribution in [0.2, 0.25) is 15.2 Å². The average Bonchev–Trinajstić information content (AvgIpc) is 2.85. The van der Waals surface area contributed by atoms with Crippen LogP contribution >= 0.6 is 34.8 Å². The Balaban J connectivity index is 2.07. The van der Waals surface area contributed by atoms with Gasteiger partial charge in [0.2, 0.25) is 0 Å². The van der Waals surface area contributed by atoms with Crippen LogP contribution in [0.5, 0.6) is 5.75 Å². The van der Waals surface area contributed by atoms with Crippen LogP contribution in [-0.2, 0) is 25.6 Å². The smallest absolute Gasteiger partial charge is 0.334 e. The molecule has 1 aliphatic rings. The highest BCUT2D eigenvalue weighted by molar-refractivity contribution is 6.37. The minimum atomic E-state index is -0.505. The number of carbonyl (C=O) groups is 2. The van der Waals surface area contributed by atoms with Crippen LogP contribution in [-0.4, -0.2) is 43.3 Å². The maximum absolute atomic E-state index is 14.0. The van der Waals surface area contributed by atoms with Gasteiger partial charge < -0.3 is 19.1 Å². The van der Waals surface area contributed by atoms with Gasteiger partial charge in [-0.3, -0.25) is 4.79 Å². The zero-order chi connectivity index (χ0) is 26.2. The highest BCUT2D eigenvalue weighted by Gasteiger charge is 2.30. The molecule has 1 amide bonds. The van der Waals surface area contributed by atoms with Crippen LogP contribution in [0.1, 0.15) is 45.1 Å². The van der Waals surface area contributed by atoms with E-state index in [-0.39, 0.29) is 36.8 Å². The number of esters is 1. The molecular weight excluding hydrogens is 527 g/mol. The van der Waals surface area contributed by atoms with Gasteiger partial charge in [-0.2, -0.15) is 0 Å². The molecule has 0 N–H and O–H groups in total. The van der Waals surface area contributed by atoms with Crippen LogP contribution in [0.25, 0.3) is 0 Å². The number of halogens is 3. The molecule has 0 saturated heterocycles. The van der Waals surface area contributed by atoms with E-state index in [1.165, 1.54) is 12.0 Å². The van der Waals surface area contributed by atoms with Gasteiger partial charge in [0, 0.05) is 30.5 Å². The molecule has 3 rings (SSSR count). The molecule has 10 heteroatoms. The molecule has 0 saturated carbocycles. The Bertz CT molecular complexity index is 1120. The topological polar surface area (TPSA) is 78.0 Å².